The van der Waals surface area contributed by atoms with Gasteiger partial charge in [0.15, 0.2) is 0 Å². The Kier molecular flexibility index (Phi) is 5.88. The summed E-state index contributed by atoms with van der Waals surface area (Å²) in [5.74, 6) is -0.309. The van der Waals surface area contributed by atoms with E-state index in [1.165, 1.54) is 23.3 Å². The van der Waals surface area contributed by atoms with E-state index in [-0.39, 0.29) is 17.8 Å². The summed E-state index contributed by atoms with van der Waals surface area (Å²) in [5.41, 5.74) is 3.32. The van der Waals surface area contributed by atoms with Gasteiger partial charge in [-0.1, -0.05) is 36.4 Å². The van der Waals surface area contributed by atoms with Crippen molar-refractivity contribution >= 4 is 5.91 Å². The molecule has 1 unspecified atom stereocenters. The highest BCUT2D eigenvalue weighted by Crippen LogP contribution is 2.11. The van der Waals surface area contributed by atoms with Crippen molar-refractivity contribution in [3.05, 3.63) is 71.0 Å². The first kappa shape index (κ1) is 17.2. The summed E-state index contributed by atoms with van der Waals surface area (Å²) in [6.45, 7) is 5.08. The van der Waals surface area contributed by atoms with Gasteiger partial charge in [0.2, 0.25) is 5.91 Å². The lowest BCUT2D eigenvalue weighted by Gasteiger charge is -2.24. The Hall–Kier alpha value is -2.20. The Bertz CT molecular complexity index is 655. The van der Waals surface area contributed by atoms with Gasteiger partial charge in [0.1, 0.15) is 5.82 Å². The van der Waals surface area contributed by atoms with Crippen LogP contribution in [0.25, 0.3) is 0 Å². The van der Waals surface area contributed by atoms with Crippen LogP contribution < -0.4 is 5.32 Å². The quantitative estimate of drug-likeness (QED) is 0.887. The standard InChI is InChI=1S/C19H23FN2O/c1-14-6-4-5-7-17(14)13-22(3)15(2)19(23)21-12-16-8-10-18(20)11-9-16/h4-11,15H,12-13H2,1-3H3,(H,21,23). The van der Waals surface area contributed by atoms with Crippen molar-refractivity contribution in [3.8, 4) is 0 Å². The predicted octanol–water partition coefficient (Wildman–Crippen LogP) is 3.27. The van der Waals surface area contributed by atoms with Crippen molar-refractivity contribution in [2.45, 2.75) is 33.0 Å². The van der Waals surface area contributed by atoms with E-state index in [1.54, 1.807) is 12.1 Å². The van der Waals surface area contributed by atoms with Crippen LogP contribution in [0.5, 0.6) is 0 Å². The van der Waals surface area contributed by atoms with E-state index >= 15 is 0 Å². The Morgan fingerprint density at radius 3 is 2.48 bits per heavy atom. The van der Waals surface area contributed by atoms with E-state index in [9.17, 15) is 9.18 Å². The molecule has 122 valence electrons. The SMILES string of the molecule is Cc1ccccc1CN(C)C(C)C(=O)NCc1ccc(F)cc1. The molecular weight excluding hydrogens is 291 g/mol. The number of carbonyl (C=O) groups excluding carboxylic acids is 1. The number of nitrogens with one attached hydrogen (secondary N) is 1. The maximum atomic E-state index is 12.9. The normalized spacial score (nSPS) is 12.2. The number of hydrogen-bond donors (Lipinski definition) is 1. The Morgan fingerprint density at radius 1 is 1.17 bits per heavy atom. The lowest BCUT2D eigenvalue weighted by molar-refractivity contribution is -0.125. The molecule has 2 rings (SSSR count). The van der Waals surface area contributed by atoms with Crippen LogP contribution in [-0.4, -0.2) is 23.9 Å². The molecule has 0 saturated heterocycles. The van der Waals surface area contributed by atoms with Gasteiger partial charge in [-0.05, 0) is 49.7 Å². The van der Waals surface area contributed by atoms with Crippen LogP contribution in [0.4, 0.5) is 4.39 Å². The van der Waals surface area contributed by atoms with Crippen molar-refractivity contribution in [2.75, 3.05) is 7.05 Å². The monoisotopic (exact) mass is 314 g/mol. The van der Waals surface area contributed by atoms with E-state index in [0.29, 0.717) is 6.54 Å². The molecule has 0 aliphatic rings. The first-order chi connectivity index (χ1) is 11.0. The van der Waals surface area contributed by atoms with Gasteiger partial charge in [0.25, 0.3) is 0 Å². The first-order valence-electron chi connectivity index (χ1n) is 7.74. The van der Waals surface area contributed by atoms with Crippen molar-refractivity contribution in [3.63, 3.8) is 0 Å². The number of carbonyl (C=O) groups is 1. The molecule has 0 aromatic heterocycles. The zero-order valence-electron chi connectivity index (χ0n) is 13.8. The molecule has 0 saturated carbocycles. The molecule has 1 N–H and O–H groups in total. The maximum absolute atomic E-state index is 12.9. The second kappa shape index (κ2) is 7.88. The minimum Gasteiger partial charge on any atom is -0.351 e. The third kappa shape index (κ3) is 4.89. The second-order valence-corrected chi connectivity index (χ2v) is 5.86. The molecule has 2 aromatic carbocycles. The highest BCUT2D eigenvalue weighted by Gasteiger charge is 2.18. The molecular formula is C19H23FN2O. The molecule has 0 fully saturated rings. The number of halogens is 1. The summed E-state index contributed by atoms with van der Waals surface area (Å²) in [4.78, 5) is 14.3. The third-order valence-corrected chi connectivity index (χ3v) is 4.10. The van der Waals surface area contributed by atoms with E-state index in [4.69, 9.17) is 0 Å². The smallest absolute Gasteiger partial charge is 0.237 e. The lowest BCUT2D eigenvalue weighted by atomic mass is 10.1. The number of rotatable bonds is 6. The molecule has 3 nitrogen and oxygen atoms in total. The van der Waals surface area contributed by atoms with Crippen LogP contribution in [0.1, 0.15) is 23.6 Å². The highest BCUT2D eigenvalue weighted by atomic mass is 19.1. The van der Waals surface area contributed by atoms with Crippen LogP contribution in [0, 0.1) is 12.7 Å². The molecule has 2 aromatic rings. The van der Waals surface area contributed by atoms with Gasteiger partial charge in [-0.3, -0.25) is 9.69 Å². The summed E-state index contributed by atoms with van der Waals surface area (Å²) in [6, 6.07) is 14.1. The zero-order chi connectivity index (χ0) is 16.8. The molecule has 0 bridgehead atoms. The summed E-state index contributed by atoms with van der Waals surface area (Å²) >= 11 is 0. The Labute approximate surface area is 137 Å². The molecule has 1 atom stereocenters. The van der Waals surface area contributed by atoms with Crippen molar-refractivity contribution in [2.24, 2.45) is 0 Å². The van der Waals surface area contributed by atoms with Gasteiger partial charge in [-0.25, -0.2) is 4.39 Å². The molecule has 0 spiro atoms. The fourth-order valence-corrected chi connectivity index (χ4v) is 2.33. The zero-order valence-corrected chi connectivity index (χ0v) is 13.8. The number of likely N-dealkylation sites (N-methyl/N-ethyl adjacent to an activating group) is 1. The molecule has 4 heteroatoms. The van der Waals surface area contributed by atoms with Gasteiger partial charge in [0, 0.05) is 13.1 Å². The van der Waals surface area contributed by atoms with Crippen molar-refractivity contribution in [1.82, 2.24) is 10.2 Å². The molecule has 0 heterocycles. The Morgan fingerprint density at radius 2 is 1.83 bits per heavy atom. The van der Waals surface area contributed by atoms with Gasteiger partial charge < -0.3 is 5.32 Å². The van der Waals surface area contributed by atoms with Gasteiger partial charge in [-0.2, -0.15) is 0 Å². The summed E-state index contributed by atoms with van der Waals surface area (Å²) < 4.78 is 12.9. The van der Waals surface area contributed by atoms with Crippen LogP contribution in [0.2, 0.25) is 0 Å². The van der Waals surface area contributed by atoms with Crippen LogP contribution in [-0.2, 0) is 17.9 Å². The highest BCUT2D eigenvalue weighted by molar-refractivity contribution is 5.81. The fraction of sp³-hybridized carbons (Fsp3) is 0.316. The van der Waals surface area contributed by atoms with Crippen molar-refractivity contribution in [1.29, 1.82) is 0 Å². The molecule has 1 amide bonds. The predicted molar refractivity (Wildman–Crippen MR) is 90.4 cm³/mol. The van der Waals surface area contributed by atoms with Crippen LogP contribution in [0.3, 0.4) is 0 Å². The largest absolute Gasteiger partial charge is 0.351 e. The average molecular weight is 314 g/mol. The Balaban J connectivity index is 1.88. The summed E-state index contributed by atoms with van der Waals surface area (Å²) in [7, 11) is 1.94. The van der Waals surface area contributed by atoms with Crippen LogP contribution in [0.15, 0.2) is 48.5 Å². The maximum Gasteiger partial charge on any atom is 0.237 e. The van der Waals surface area contributed by atoms with Gasteiger partial charge in [0.05, 0.1) is 6.04 Å². The van der Waals surface area contributed by atoms with E-state index in [0.717, 1.165) is 12.1 Å². The summed E-state index contributed by atoms with van der Waals surface area (Å²) in [6.07, 6.45) is 0. The van der Waals surface area contributed by atoms with Gasteiger partial charge in [-0.15, -0.1) is 0 Å². The first-order valence-corrected chi connectivity index (χ1v) is 7.74. The number of nitrogens with zero attached hydrogens (tertiary/aromatic N) is 1. The topological polar surface area (TPSA) is 32.3 Å². The van der Waals surface area contributed by atoms with E-state index < -0.39 is 0 Å². The van der Waals surface area contributed by atoms with E-state index in [1.807, 2.05) is 31.0 Å². The summed E-state index contributed by atoms with van der Waals surface area (Å²) in [5, 5.41) is 2.90. The third-order valence-electron chi connectivity index (χ3n) is 4.10. The van der Waals surface area contributed by atoms with Gasteiger partial charge >= 0.3 is 0 Å². The number of amides is 1. The second-order valence-electron chi connectivity index (χ2n) is 5.86. The molecule has 0 radical (unpaired) electrons. The average Bonchev–Trinajstić information content (AvgIpc) is 2.55. The van der Waals surface area contributed by atoms with Crippen LogP contribution >= 0.6 is 0 Å². The fourth-order valence-electron chi connectivity index (χ4n) is 2.33. The minimum absolute atomic E-state index is 0.0367. The lowest BCUT2D eigenvalue weighted by Crippen LogP contribution is -2.42. The minimum atomic E-state index is -0.272. The molecule has 0 aliphatic heterocycles. The number of aryl methyl sites for hydroxylation is 1. The molecule has 0 aliphatic carbocycles. The number of benzene rings is 2. The van der Waals surface area contributed by atoms with E-state index in [2.05, 4.69) is 24.4 Å². The number of hydrogen-bond acceptors (Lipinski definition) is 2. The van der Waals surface area contributed by atoms with Crippen molar-refractivity contribution < 1.29 is 9.18 Å². The molecule has 23 heavy (non-hydrogen) atoms.